The van der Waals surface area contributed by atoms with Crippen LogP contribution in [0.25, 0.3) is 5.69 Å². The third kappa shape index (κ3) is 4.01. The zero-order valence-corrected chi connectivity index (χ0v) is 18.2. The van der Waals surface area contributed by atoms with Crippen LogP contribution in [0.2, 0.25) is 0 Å². The summed E-state index contributed by atoms with van der Waals surface area (Å²) in [4.78, 5) is 4.24. The van der Waals surface area contributed by atoms with Crippen LogP contribution in [-0.4, -0.2) is 25.1 Å². The first-order valence-corrected chi connectivity index (χ1v) is 11.3. The van der Waals surface area contributed by atoms with E-state index in [0.29, 0.717) is 11.4 Å². The summed E-state index contributed by atoms with van der Waals surface area (Å²) in [7, 11) is -2.65. The van der Waals surface area contributed by atoms with E-state index in [1.54, 1.807) is 47.2 Å². The molecule has 4 rings (SSSR count). The van der Waals surface area contributed by atoms with E-state index in [-0.39, 0.29) is 16.3 Å². The van der Waals surface area contributed by atoms with Crippen LogP contribution in [0.1, 0.15) is 22.2 Å². The lowest BCUT2D eigenvalue weighted by Crippen LogP contribution is -2.20. The maximum absolute atomic E-state index is 14.9. The highest BCUT2D eigenvalue weighted by molar-refractivity contribution is 7.91. The zero-order valence-electron chi connectivity index (χ0n) is 17.4. The quantitative estimate of drug-likeness (QED) is 0.410. The Hall–Kier alpha value is -3.52. The van der Waals surface area contributed by atoms with Gasteiger partial charge in [0.1, 0.15) is 23.2 Å². The topological polar surface area (TPSA) is 61.2 Å². The van der Waals surface area contributed by atoms with Crippen molar-refractivity contribution < 1.29 is 21.9 Å². The summed E-state index contributed by atoms with van der Waals surface area (Å²) in [6.07, 6.45) is 3.00. The van der Waals surface area contributed by atoms with Gasteiger partial charge < -0.3 is 9.30 Å². The van der Waals surface area contributed by atoms with E-state index in [4.69, 9.17) is 4.74 Å². The molecule has 0 aliphatic heterocycles. The number of rotatable bonds is 6. The van der Waals surface area contributed by atoms with Crippen molar-refractivity contribution >= 4 is 9.84 Å². The lowest BCUT2D eigenvalue weighted by Gasteiger charge is -2.20. The summed E-state index contributed by atoms with van der Waals surface area (Å²) in [6.45, 7) is 1.83. The van der Waals surface area contributed by atoms with Crippen LogP contribution in [0.5, 0.6) is 5.75 Å². The van der Waals surface area contributed by atoms with Gasteiger partial charge in [-0.3, -0.25) is 0 Å². The predicted octanol–water partition coefficient (Wildman–Crippen LogP) is 5.03. The van der Waals surface area contributed by atoms with Gasteiger partial charge >= 0.3 is 0 Å². The molecule has 0 aliphatic carbocycles. The lowest BCUT2D eigenvalue weighted by atomic mass is 10.1. The second-order valence-corrected chi connectivity index (χ2v) is 9.29. The van der Waals surface area contributed by atoms with E-state index in [1.165, 1.54) is 25.4 Å². The molecule has 0 saturated heterocycles. The number of aryl methyl sites for hydroxylation is 1. The van der Waals surface area contributed by atoms with Crippen molar-refractivity contribution in [3.8, 4) is 11.4 Å². The molecule has 0 radical (unpaired) electrons. The van der Waals surface area contributed by atoms with Gasteiger partial charge in [-0.25, -0.2) is 22.2 Å². The van der Waals surface area contributed by atoms with Crippen molar-refractivity contribution in [2.24, 2.45) is 0 Å². The first-order valence-electron chi connectivity index (χ1n) is 9.74. The third-order valence-electron chi connectivity index (χ3n) is 5.15. The van der Waals surface area contributed by atoms with Crippen LogP contribution in [0.4, 0.5) is 8.78 Å². The summed E-state index contributed by atoms with van der Waals surface area (Å²) >= 11 is 0. The summed E-state index contributed by atoms with van der Waals surface area (Å²) in [5.74, 6) is -0.917. The highest BCUT2D eigenvalue weighted by atomic mass is 32.2. The highest BCUT2D eigenvalue weighted by Crippen LogP contribution is 2.37. The fraction of sp³-hybridized carbons (Fsp3) is 0.125. The minimum atomic E-state index is -4.19. The molecule has 0 bridgehead atoms. The molecule has 1 unspecified atom stereocenters. The van der Waals surface area contributed by atoms with Gasteiger partial charge in [0.15, 0.2) is 15.1 Å². The average molecular weight is 454 g/mol. The number of methoxy groups -OCH3 is 1. The number of aromatic nitrogens is 2. The van der Waals surface area contributed by atoms with Crippen molar-refractivity contribution in [2.45, 2.75) is 17.1 Å². The number of hydrogen-bond donors (Lipinski definition) is 0. The molecular weight excluding hydrogens is 434 g/mol. The van der Waals surface area contributed by atoms with Crippen LogP contribution in [0.3, 0.4) is 0 Å². The van der Waals surface area contributed by atoms with Gasteiger partial charge in [0.25, 0.3) is 0 Å². The first kappa shape index (κ1) is 21.7. The van der Waals surface area contributed by atoms with E-state index >= 15 is 0 Å². The van der Waals surface area contributed by atoms with Gasteiger partial charge in [0, 0.05) is 23.6 Å². The maximum Gasteiger partial charge on any atom is 0.192 e. The summed E-state index contributed by atoms with van der Waals surface area (Å²) in [5, 5.41) is -1.57. The van der Waals surface area contributed by atoms with Crippen LogP contribution in [0.15, 0.2) is 84.0 Å². The Morgan fingerprint density at radius 1 is 0.969 bits per heavy atom. The van der Waals surface area contributed by atoms with Crippen LogP contribution in [0, 0.1) is 18.6 Å². The smallest absolute Gasteiger partial charge is 0.192 e. The summed E-state index contributed by atoms with van der Waals surface area (Å²) < 4.78 is 63.1. The minimum Gasteiger partial charge on any atom is -0.497 e. The standard InChI is InChI=1S/C24H20F2N2O3S/c1-16-3-10-20(11-4-16)32(29,30)23(21-15-17(25)5-12-22(21)26)24-27-13-14-28(24)18-6-8-19(31-2)9-7-18/h3-15,23H,1-2H3. The number of benzene rings is 3. The summed E-state index contributed by atoms with van der Waals surface area (Å²) in [6, 6.07) is 15.9. The number of hydrogen-bond acceptors (Lipinski definition) is 4. The minimum absolute atomic E-state index is 0.0129. The molecule has 4 aromatic rings. The molecule has 0 N–H and O–H groups in total. The number of nitrogens with zero attached hydrogens (tertiary/aromatic N) is 2. The van der Waals surface area contributed by atoms with Crippen molar-refractivity contribution in [1.29, 1.82) is 0 Å². The predicted molar refractivity (Wildman–Crippen MR) is 117 cm³/mol. The SMILES string of the molecule is COc1ccc(-n2ccnc2C(c2cc(F)ccc2F)S(=O)(=O)c2ccc(C)cc2)cc1. The van der Waals surface area contributed by atoms with Gasteiger partial charge in [-0.1, -0.05) is 17.7 Å². The van der Waals surface area contributed by atoms with Gasteiger partial charge in [0.2, 0.25) is 0 Å². The number of halogens is 2. The molecule has 1 heterocycles. The molecule has 1 aromatic heterocycles. The van der Waals surface area contributed by atoms with Crippen LogP contribution in [-0.2, 0) is 9.84 Å². The molecule has 0 fully saturated rings. The Morgan fingerprint density at radius 2 is 1.66 bits per heavy atom. The molecule has 0 spiro atoms. The zero-order chi connectivity index (χ0) is 22.9. The molecule has 1 atom stereocenters. The van der Waals surface area contributed by atoms with E-state index in [0.717, 1.165) is 23.8 Å². The largest absolute Gasteiger partial charge is 0.497 e. The van der Waals surface area contributed by atoms with Gasteiger partial charge in [-0.2, -0.15) is 0 Å². The van der Waals surface area contributed by atoms with Crippen LogP contribution < -0.4 is 4.74 Å². The Labute approximate surface area is 184 Å². The van der Waals surface area contributed by atoms with E-state index < -0.39 is 26.7 Å². The maximum atomic E-state index is 14.9. The number of sulfone groups is 1. The Bertz CT molecular complexity index is 1350. The molecule has 0 saturated carbocycles. The molecule has 164 valence electrons. The number of imidazole rings is 1. The number of ether oxygens (including phenoxy) is 1. The average Bonchev–Trinajstić information content (AvgIpc) is 3.25. The molecule has 5 nitrogen and oxygen atoms in total. The van der Waals surface area contributed by atoms with E-state index in [9.17, 15) is 17.2 Å². The normalized spacial score (nSPS) is 12.5. The lowest BCUT2D eigenvalue weighted by molar-refractivity contribution is 0.414. The van der Waals surface area contributed by atoms with Gasteiger partial charge in [-0.05, 0) is 61.5 Å². The van der Waals surface area contributed by atoms with Gasteiger partial charge in [-0.15, -0.1) is 0 Å². The van der Waals surface area contributed by atoms with Gasteiger partial charge in [0.05, 0.1) is 12.0 Å². The monoisotopic (exact) mass is 454 g/mol. The highest BCUT2D eigenvalue weighted by Gasteiger charge is 2.36. The molecular formula is C24H20F2N2O3S. The van der Waals surface area contributed by atoms with Crippen molar-refractivity contribution in [2.75, 3.05) is 7.11 Å². The van der Waals surface area contributed by atoms with Crippen molar-refractivity contribution in [3.05, 3.63) is 108 Å². The fourth-order valence-electron chi connectivity index (χ4n) is 3.49. The molecule has 0 amide bonds. The Morgan fingerprint density at radius 3 is 2.31 bits per heavy atom. The van der Waals surface area contributed by atoms with Crippen molar-refractivity contribution in [1.82, 2.24) is 9.55 Å². The second kappa shape index (κ2) is 8.55. The molecule has 32 heavy (non-hydrogen) atoms. The third-order valence-corrected chi connectivity index (χ3v) is 7.17. The first-order chi connectivity index (χ1) is 15.3. The van der Waals surface area contributed by atoms with Crippen molar-refractivity contribution in [3.63, 3.8) is 0 Å². The fourth-order valence-corrected chi connectivity index (χ4v) is 5.25. The van der Waals surface area contributed by atoms with Crippen LogP contribution >= 0.6 is 0 Å². The molecule has 3 aromatic carbocycles. The molecule has 8 heteroatoms. The second-order valence-electron chi connectivity index (χ2n) is 7.26. The Balaban J connectivity index is 1.95. The summed E-state index contributed by atoms with van der Waals surface area (Å²) in [5.41, 5.74) is 1.16. The Kier molecular flexibility index (Phi) is 5.80. The van der Waals surface area contributed by atoms with E-state index in [2.05, 4.69) is 4.98 Å². The molecule has 0 aliphatic rings. The van der Waals surface area contributed by atoms with E-state index in [1.807, 2.05) is 6.92 Å².